The van der Waals surface area contributed by atoms with Gasteiger partial charge in [0.2, 0.25) is 0 Å². The van der Waals surface area contributed by atoms with Crippen LogP contribution >= 0.6 is 0 Å². The van der Waals surface area contributed by atoms with E-state index in [0.717, 1.165) is 37.7 Å². The van der Waals surface area contributed by atoms with Crippen molar-refractivity contribution in [1.82, 2.24) is 4.90 Å². The quantitative estimate of drug-likeness (QED) is 0.737. The van der Waals surface area contributed by atoms with Crippen LogP contribution in [0.2, 0.25) is 0 Å². The Kier molecular flexibility index (Phi) is 6.33. The van der Waals surface area contributed by atoms with Gasteiger partial charge in [-0.05, 0) is 44.9 Å². The third kappa shape index (κ3) is 5.56. The molecule has 0 spiro atoms. The van der Waals surface area contributed by atoms with Gasteiger partial charge in [-0.2, -0.15) is 0 Å². The number of hydrogen-bond acceptors (Lipinski definition) is 4. The molecule has 1 aromatic carbocycles. The van der Waals surface area contributed by atoms with Crippen molar-refractivity contribution in [1.29, 1.82) is 0 Å². The Bertz CT molecular complexity index is 422. The molecule has 0 amide bonds. The molecule has 2 rings (SSSR count). The van der Waals surface area contributed by atoms with Crippen LogP contribution in [0.15, 0.2) is 24.3 Å². The molecule has 1 aromatic rings. The lowest BCUT2D eigenvalue weighted by molar-refractivity contribution is 0.150. The summed E-state index contributed by atoms with van der Waals surface area (Å²) in [5.41, 5.74) is 0. The summed E-state index contributed by atoms with van der Waals surface area (Å²) < 4.78 is 16.7. The molecule has 0 N–H and O–H groups in total. The van der Waals surface area contributed by atoms with Crippen molar-refractivity contribution in [2.75, 3.05) is 40.0 Å². The van der Waals surface area contributed by atoms with Crippen molar-refractivity contribution in [2.45, 2.75) is 26.4 Å². The molecule has 4 nitrogen and oxygen atoms in total. The summed E-state index contributed by atoms with van der Waals surface area (Å²) in [6, 6.07) is 7.86. The SMILES string of the molecule is COC[C@H]1CCN(CCOc2cccc(OC(C)C)c2)C1. The summed E-state index contributed by atoms with van der Waals surface area (Å²) in [6.07, 6.45) is 1.41. The van der Waals surface area contributed by atoms with Crippen LogP contribution in [0.1, 0.15) is 20.3 Å². The molecule has 21 heavy (non-hydrogen) atoms. The third-order valence-electron chi connectivity index (χ3n) is 3.63. The zero-order valence-corrected chi connectivity index (χ0v) is 13.4. The predicted octanol–water partition coefficient (Wildman–Crippen LogP) is 2.82. The van der Waals surface area contributed by atoms with Crippen LogP contribution in [0.5, 0.6) is 11.5 Å². The number of nitrogens with zero attached hydrogens (tertiary/aromatic N) is 1. The first kappa shape index (κ1) is 16.1. The number of likely N-dealkylation sites (tertiary alicyclic amines) is 1. The van der Waals surface area contributed by atoms with Crippen molar-refractivity contribution < 1.29 is 14.2 Å². The molecule has 0 radical (unpaired) electrons. The largest absolute Gasteiger partial charge is 0.492 e. The van der Waals surface area contributed by atoms with Crippen LogP contribution in [-0.4, -0.2) is 51.0 Å². The number of methoxy groups -OCH3 is 1. The van der Waals surface area contributed by atoms with Crippen LogP contribution in [0.25, 0.3) is 0 Å². The Hall–Kier alpha value is -1.26. The van der Waals surface area contributed by atoms with Crippen molar-refractivity contribution >= 4 is 0 Å². The van der Waals surface area contributed by atoms with E-state index in [4.69, 9.17) is 14.2 Å². The second kappa shape index (κ2) is 8.25. The average Bonchev–Trinajstić information content (AvgIpc) is 2.87. The van der Waals surface area contributed by atoms with E-state index in [9.17, 15) is 0 Å². The normalized spacial score (nSPS) is 19.1. The van der Waals surface area contributed by atoms with Crippen molar-refractivity contribution in [3.05, 3.63) is 24.3 Å². The third-order valence-corrected chi connectivity index (χ3v) is 3.63. The van der Waals surface area contributed by atoms with Gasteiger partial charge in [-0.3, -0.25) is 4.90 Å². The van der Waals surface area contributed by atoms with Gasteiger partial charge in [-0.1, -0.05) is 6.07 Å². The highest BCUT2D eigenvalue weighted by atomic mass is 16.5. The van der Waals surface area contributed by atoms with Gasteiger partial charge in [-0.25, -0.2) is 0 Å². The zero-order valence-electron chi connectivity index (χ0n) is 13.4. The number of rotatable bonds is 8. The van der Waals surface area contributed by atoms with Gasteiger partial charge < -0.3 is 14.2 Å². The Morgan fingerprint density at radius 1 is 1.29 bits per heavy atom. The molecule has 1 atom stereocenters. The summed E-state index contributed by atoms with van der Waals surface area (Å²) in [6.45, 7) is 8.86. The maximum atomic E-state index is 5.83. The molecule has 0 bridgehead atoms. The van der Waals surface area contributed by atoms with E-state index in [0.29, 0.717) is 12.5 Å². The first-order valence-electron chi connectivity index (χ1n) is 7.78. The summed E-state index contributed by atoms with van der Waals surface area (Å²) in [7, 11) is 1.78. The van der Waals surface area contributed by atoms with Crippen LogP contribution in [0, 0.1) is 5.92 Å². The van der Waals surface area contributed by atoms with Gasteiger partial charge in [0.05, 0.1) is 12.7 Å². The summed E-state index contributed by atoms with van der Waals surface area (Å²) in [5, 5.41) is 0. The maximum Gasteiger partial charge on any atom is 0.123 e. The standard InChI is InChI=1S/C17H27NO3/c1-14(2)21-17-6-4-5-16(11-17)20-10-9-18-8-7-15(12-18)13-19-3/h4-6,11,14-15H,7-10,12-13H2,1-3H3/t15-/m0/s1. The number of ether oxygens (including phenoxy) is 3. The zero-order chi connectivity index (χ0) is 15.1. The van der Waals surface area contributed by atoms with Crippen LogP contribution in [-0.2, 0) is 4.74 Å². The molecule has 4 heteroatoms. The molecule has 0 aliphatic carbocycles. The van der Waals surface area contributed by atoms with Crippen molar-refractivity contribution in [2.24, 2.45) is 5.92 Å². The topological polar surface area (TPSA) is 30.9 Å². The van der Waals surface area contributed by atoms with E-state index in [-0.39, 0.29) is 6.10 Å². The molecule has 0 unspecified atom stereocenters. The lowest BCUT2D eigenvalue weighted by Gasteiger charge is -2.16. The van der Waals surface area contributed by atoms with Crippen LogP contribution in [0.3, 0.4) is 0 Å². The molecule has 1 saturated heterocycles. The van der Waals surface area contributed by atoms with E-state index >= 15 is 0 Å². The highest BCUT2D eigenvalue weighted by Crippen LogP contribution is 2.21. The van der Waals surface area contributed by atoms with E-state index in [2.05, 4.69) is 4.90 Å². The summed E-state index contributed by atoms with van der Waals surface area (Å²) in [5.74, 6) is 2.42. The van der Waals surface area contributed by atoms with Crippen LogP contribution < -0.4 is 9.47 Å². The predicted molar refractivity (Wildman–Crippen MR) is 84.1 cm³/mol. The van der Waals surface area contributed by atoms with Crippen LogP contribution in [0.4, 0.5) is 0 Å². The van der Waals surface area contributed by atoms with E-state index < -0.39 is 0 Å². The van der Waals surface area contributed by atoms with Gasteiger partial charge in [0.1, 0.15) is 18.1 Å². The van der Waals surface area contributed by atoms with Crippen molar-refractivity contribution in [3.8, 4) is 11.5 Å². The Morgan fingerprint density at radius 3 is 2.86 bits per heavy atom. The van der Waals surface area contributed by atoms with E-state index in [1.807, 2.05) is 38.1 Å². The van der Waals surface area contributed by atoms with Gasteiger partial charge in [0.15, 0.2) is 0 Å². The van der Waals surface area contributed by atoms with E-state index in [1.165, 1.54) is 6.42 Å². The lowest BCUT2D eigenvalue weighted by atomic mass is 10.1. The first-order valence-corrected chi connectivity index (χ1v) is 7.78. The molecular formula is C17H27NO3. The van der Waals surface area contributed by atoms with E-state index in [1.54, 1.807) is 7.11 Å². The van der Waals surface area contributed by atoms with Crippen molar-refractivity contribution in [3.63, 3.8) is 0 Å². The monoisotopic (exact) mass is 293 g/mol. The Morgan fingerprint density at radius 2 is 2.10 bits per heavy atom. The minimum atomic E-state index is 0.183. The minimum absolute atomic E-state index is 0.183. The van der Waals surface area contributed by atoms with Gasteiger partial charge in [-0.15, -0.1) is 0 Å². The molecule has 1 aliphatic rings. The fraction of sp³-hybridized carbons (Fsp3) is 0.647. The first-order chi connectivity index (χ1) is 10.2. The highest BCUT2D eigenvalue weighted by Gasteiger charge is 2.21. The molecule has 0 aromatic heterocycles. The molecule has 0 saturated carbocycles. The summed E-state index contributed by atoms with van der Waals surface area (Å²) >= 11 is 0. The Labute approximate surface area is 128 Å². The smallest absolute Gasteiger partial charge is 0.123 e. The minimum Gasteiger partial charge on any atom is -0.492 e. The molecular weight excluding hydrogens is 266 g/mol. The average molecular weight is 293 g/mol. The molecule has 1 aliphatic heterocycles. The fourth-order valence-electron chi connectivity index (χ4n) is 2.69. The van der Waals surface area contributed by atoms with Gasteiger partial charge in [0.25, 0.3) is 0 Å². The highest BCUT2D eigenvalue weighted by molar-refractivity contribution is 5.33. The fourth-order valence-corrected chi connectivity index (χ4v) is 2.69. The second-order valence-electron chi connectivity index (χ2n) is 5.90. The number of hydrogen-bond donors (Lipinski definition) is 0. The molecule has 1 fully saturated rings. The van der Waals surface area contributed by atoms with Gasteiger partial charge >= 0.3 is 0 Å². The Balaban J connectivity index is 1.71. The van der Waals surface area contributed by atoms with Gasteiger partial charge in [0, 0.05) is 26.3 Å². The number of benzene rings is 1. The maximum absolute atomic E-state index is 5.83. The second-order valence-corrected chi connectivity index (χ2v) is 5.90. The molecule has 118 valence electrons. The summed E-state index contributed by atoms with van der Waals surface area (Å²) in [4.78, 5) is 2.44. The lowest BCUT2D eigenvalue weighted by Crippen LogP contribution is -2.26. The molecule has 1 heterocycles.